The maximum Gasteiger partial charge on any atom is 0.242 e. The van der Waals surface area contributed by atoms with Crippen LogP contribution in [0.2, 0.25) is 0 Å². The number of amides is 2. The molecule has 0 bridgehead atoms. The first-order valence-corrected chi connectivity index (χ1v) is 10.8. The molecule has 0 radical (unpaired) electrons. The summed E-state index contributed by atoms with van der Waals surface area (Å²) in [6.07, 6.45) is 1.58. The number of nitrogens with one attached hydrogen (secondary N) is 2. The standard InChI is InChI=1S/C19H28N4O4S/c1-3-20-19(25)16(2)21-18(24)15-22-10-12-23(13-11-22)28(26,27)14-9-17-7-5-4-6-8-17/h4-9,14,16H,3,10-13,15H2,1-2H3,(H,20,25)(H,21,24)/b14-9+/t16-/m1/s1. The van der Waals surface area contributed by atoms with Gasteiger partial charge < -0.3 is 10.6 Å². The van der Waals surface area contributed by atoms with Crippen molar-refractivity contribution in [2.75, 3.05) is 39.3 Å². The van der Waals surface area contributed by atoms with Crippen LogP contribution >= 0.6 is 0 Å². The number of rotatable bonds is 8. The van der Waals surface area contributed by atoms with Gasteiger partial charge in [0.1, 0.15) is 6.04 Å². The van der Waals surface area contributed by atoms with Crippen LogP contribution in [0.5, 0.6) is 0 Å². The first-order valence-electron chi connectivity index (χ1n) is 9.34. The van der Waals surface area contributed by atoms with E-state index >= 15 is 0 Å². The van der Waals surface area contributed by atoms with Gasteiger partial charge >= 0.3 is 0 Å². The topological polar surface area (TPSA) is 98.8 Å². The lowest BCUT2D eigenvalue weighted by Gasteiger charge is -2.33. The van der Waals surface area contributed by atoms with Crippen LogP contribution < -0.4 is 10.6 Å². The molecule has 1 saturated heterocycles. The van der Waals surface area contributed by atoms with E-state index in [2.05, 4.69) is 10.6 Å². The zero-order chi connectivity index (χ0) is 20.6. The van der Waals surface area contributed by atoms with Crippen LogP contribution in [-0.4, -0.2) is 74.7 Å². The summed E-state index contributed by atoms with van der Waals surface area (Å²) in [5.74, 6) is -0.476. The average molecular weight is 409 g/mol. The van der Waals surface area contributed by atoms with Crippen LogP contribution in [0.4, 0.5) is 0 Å². The van der Waals surface area contributed by atoms with Gasteiger partial charge in [-0.15, -0.1) is 0 Å². The highest BCUT2D eigenvalue weighted by molar-refractivity contribution is 7.92. The first kappa shape index (κ1) is 22.1. The van der Waals surface area contributed by atoms with Crippen LogP contribution in [0.25, 0.3) is 6.08 Å². The molecule has 0 aromatic heterocycles. The molecule has 0 saturated carbocycles. The van der Waals surface area contributed by atoms with Crippen molar-refractivity contribution in [3.05, 3.63) is 41.3 Å². The van der Waals surface area contributed by atoms with Gasteiger partial charge in [0, 0.05) is 38.1 Å². The summed E-state index contributed by atoms with van der Waals surface area (Å²) in [6, 6.07) is 8.65. The van der Waals surface area contributed by atoms with Gasteiger partial charge in [0.2, 0.25) is 21.8 Å². The van der Waals surface area contributed by atoms with E-state index < -0.39 is 16.1 Å². The average Bonchev–Trinajstić information content (AvgIpc) is 2.68. The van der Waals surface area contributed by atoms with Crippen LogP contribution in [0.15, 0.2) is 35.7 Å². The second kappa shape index (κ2) is 10.4. The number of hydrogen-bond acceptors (Lipinski definition) is 5. The van der Waals surface area contributed by atoms with E-state index in [9.17, 15) is 18.0 Å². The molecule has 0 unspecified atom stereocenters. The normalized spacial score (nSPS) is 17.4. The summed E-state index contributed by atoms with van der Waals surface area (Å²) in [6.45, 7) is 5.65. The van der Waals surface area contributed by atoms with E-state index in [4.69, 9.17) is 0 Å². The summed E-state index contributed by atoms with van der Waals surface area (Å²) < 4.78 is 26.3. The molecule has 9 heteroatoms. The third-order valence-electron chi connectivity index (χ3n) is 4.41. The Labute approximate surface area is 166 Å². The van der Waals surface area contributed by atoms with Gasteiger partial charge in [-0.05, 0) is 25.5 Å². The summed E-state index contributed by atoms with van der Waals surface area (Å²) in [4.78, 5) is 25.6. The smallest absolute Gasteiger partial charge is 0.242 e. The fourth-order valence-electron chi connectivity index (χ4n) is 2.84. The quantitative estimate of drug-likeness (QED) is 0.642. The minimum atomic E-state index is -3.50. The maximum absolute atomic E-state index is 12.5. The number of sulfonamides is 1. The largest absolute Gasteiger partial charge is 0.355 e. The third kappa shape index (κ3) is 6.74. The molecule has 1 heterocycles. The maximum atomic E-state index is 12.5. The highest BCUT2D eigenvalue weighted by Gasteiger charge is 2.26. The minimum absolute atomic E-state index is 0.136. The molecule has 1 aliphatic rings. The van der Waals surface area contributed by atoms with Crippen molar-refractivity contribution in [3.8, 4) is 0 Å². The number of carbonyl (C=O) groups is 2. The SMILES string of the molecule is CCNC(=O)[C@@H](C)NC(=O)CN1CCN(S(=O)(=O)/C=C/c2ccccc2)CC1. The Morgan fingerprint density at radius 1 is 1.14 bits per heavy atom. The summed E-state index contributed by atoms with van der Waals surface area (Å²) in [5, 5.41) is 6.53. The number of benzene rings is 1. The predicted molar refractivity (Wildman–Crippen MR) is 109 cm³/mol. The van der Waals surface area contributed by atoms with E-state index in [1.807, 2.05) is 42.2 Å². The molecule has 1 aromatic carbocycles. The van der Waals surface area contributed by atoms with Gasteiger partial charge in [0.05, 0.1) is 6.54 Å². The van der Waals surface area contributed by atoms with Crippen molar-refractivity contribution in [2.45, 2.75) is 19.9 Å². The first-order chi connectivity index (χ1) is 13.3. The second-order valence-electron chi connectivity index (χ2n) is 6.62. The number of likely N-dealkylation sites (N-methyl/N-ethyl adjacent to an activating group) is 1. The summed E-state index contributed by atoms with van der Waals surface area (Å²) in [7, 11) is -3.50. The van der Waals surface area contributed by atoms with Gasteiger partial charge in [-0.1, -0.05) is 30.3 Å². The van der Waals surface area contributed by atoms with Crippen molar-refractivity contribution >= 4 is 27.9 Å². The molecular weight excluding hydrogens is 380 g/mol. The Balaban J connectivity index is 1.81. The lowest BCUT2D eigenvalue weighted by Crippen LogP contribution is -2.52. The molecule has 28 heavy (non-hydrogen) atoms. The highest BCUT2D eigenvalue weighted by atomic mass is 32.2. The Morgan fingerprint density at radius 3 is 2.39 bits per heavy atom. The van der Waals surface area contributed by atoms with Crippen molar-refractivity contribution in [1.82, 2.24) is 19.8 Å². The molecule has 2 N–H and O–H groups in total. The molecule has 0 spiro atoms. The van der Waals surface area contributed by atoms with Crippen molar-refractivity contribution in [3.63, 3.8) is 0 Å². The van der Waals surface area contributed by atoms with E-state index in [0.717, 1.165) is 5.56 Å². The monoisotopic (exact) mass is 408 g/mol. The third-order valence-corrected chi connectivity index (χ3v) is 5.98. The summed E-state index contributed by atoms with van der Waals surface area (Å²) in [5.41, 5.74) is 0.822. The Bertz CT molecular complexity index is 787. The van der Waals surface area contributed by atoms with Gasteiger partial charge in [-0.2, -0.15) is 4.31 Å². The molecule has 0 aliphatic carbocycles. The van der Waals surface area contributed by atoms with Crippen LogP contribution in [-0.2, 0) is 19.6 Å². The lowest BCUT2D eigenvalue weighted by atomic mass is 10.2. The van der Waals surface area contributed by atoms with Crippen molar-refractivity contribution < 1.29 is 18.0 Å². The molecule has 2 amide bonds. The van der Waals surface area contributed by atoms with E-state index in [1.165, 1.54) is 9.71 Å². The Hall–Kier alpha value is -2.23. The highest BCUT2D eigenvalue weighted by Crippen LogP contribution is 2.11. The predicted octanol–water partition coefficient (Wildman–Crippen LogP) is 0.246. The fourth-order valence-corrected chi connectivity index (χ4v) is 4.01. The van der Waals surface area contributed by atoms with Crippen molar-refractivity contribution in [1.29, 1.82) is 0 Å². The molecule has 1 aromatic rings. The second-order valence-corrected chi connectivity index (χ2v) is 8.44. The zero-order valence-electron chi connectivity index (χ0n) is 16.3. The van der Waals surface area contributed by atoms with Crippen LogP contribution in [0, 0.1) is 0 Å². The van der Waals surface area contributed by atoms with Crippen LogP contribution in [0.3, 0.4) is 0 Å². The summed E-state index contributed by atoms with van der Waals surface area (Å²) >= 11 is 0. The number of carbonyl (C=O) groups excluding carboxylic acids is 2. The zero-order valence-corrected chi connectivity index (χ0v) is 17.1. The van der Waals surface area contributed by atoms with Crippen molar-refractivity contribution in [2.24, 2.45) is 0 Å². The molecule has 8 nitrogen and oxygen atoms in total. The molecule has 1 aliphatic heterocycles. The molecule has 154 valence electrons. The minimum Gasteiger partial charge on any atom is -0.355 e. The van der Waals surface area contributed by atoms with Crippen LogP contribution in [0.1, 0.15) is 19.4 Å². The van der Waals surface area contributed by atoms with Gasteiger partial charge in [-0.3, -0.25) is 14.5 Å². The Kier molecular flexibility index (Phi) is 8.16. The molecule has 2 rings (SSSR count). The van der Waals surface area contributed by atoms with E-state index in [-0.39, 0.29) is 18.4 Å². The number of piperazine rings is 1. The van der Waals surface area contributed by atoms with Gasteiger partial charge in [0.25, 0.3) is 0 Å². The molecule has 1 fully saturated rings. The van der Waals surface area contributed by atoms with E-state index in [0.29, 0.717) is 32.7 Å². The Morgan fingerprint density at radius 2 is 1.79 bits per heavy atom. The van der Waals surface area contributed by atoms with Gasteiger partial charge in [-0.25, -0.2) is 8.42 Å². The molecular formula is C19H28N4O4S. The fraction of sp³-hybridized carbons (Fsp3) is 0.474. The number of nitrogens with zero attached hydrogens (tertiary/aromatic N) is 2. The number of hydrogen-bond donors (Lipinski definition) is 2. The van der Waals surface area contributed by atoms with Gasteiger partial charge in [0.15, 0.2) is 0 Å². The van der Waals surface area contributed by atoms with E-state index in [1.54, 1.807) is 13.0 Å². The molecule has 1 atom stereocenters. The lowest BCUT2D eigenvalue weighted by molar-refractivity contribution is -0.129.